The van der Waals surface area contributed by atoms with Gasteiger partial charge >= 0.3 is 0 Å². The Morgan fingerprint density at radius 1 is 0.905 bits per heavy atom. The van der Waals surface area contributed by atoms with E-state index in [0.29, 0.717) is 11.5 Å². The summed E-state index contributed by atoms with van der Waals surface area (Å²) in [5.74, 6) is 0.651. The summed E-state index contributed by atoms with van der Waals surface area (Å²) >= 11 is 0. The van der Waals surface area contributed by atoms with Crippen molar-refractivity contribution < 1.29 is 13.7 Å². The number of nitrogens with two attached hydrogens (primary N) is 1. The fourth-order valence-corrected chi connectivity index (χ4v) is 5.41. The Bertz CT molecular complexity index is 752. The monoisotopic (exact) mass is 300 g/mol. The topological polar surface area (TPSA) is 50.8 Å². The number of fused-ring (bicyclic) bond motifs is 3. The minimum Gasteiger partial charge on any atom is -0.333 e. The summed E-state index contributed by atoms with van der Waals surface area (Å²) in [6.07, 6.45) is 0.767. The van der Waals surface area contributed by atoms with Crippen LogP contribution in [0.2, 0.25) is 0 Å². The van der Waals surface area contributed by atoms with E-state index >= 15 is 0 Å². The molecular weight excluding hydrogens is 282 g/mol. The number of sulfone groups is 1. The maximum atomic E-state index is 11.7. The molecule has 3 nitrogen and oxygen atoms in total. The molecule has 2 aromatic carbocycles. The van der Waals surface area contributed by atoms with Gasteiger partial charge in [0.05, 0.1) is 5.75 Å². The average Bonchev–Trinajstić information content (AvgIpc) is 2.99. The van der Waals surface area contributed by atoms with Gasteiger partial charge in [0.1, 0.15) is 17.8 Å². The molecule has 0 aromatic heterocycles. The minimum atomic E-state index is -2.82. The lowest BCUT2D eigenvalue weighted by Crippen LogP contribution is -2.91. The fourth-order valence-electron chi connectivity index (χ4n) is 3.65. The van der Waals surface area contributed by atoms with Crippen LogP contribution in [0, 0.1) is 0 Å². The van der Waals surface area contributed by atoms with E-state index in [1.54, 1.807) is 0 Å². The molecule has 108 valence electrons. The number of rotatable bonds is 2. The van der Waals surface area contributed by atoms with Crippen molar-refractivity contribution in [2.75, 3.05) is 11.5 Å². The van der Waals surface area contributed by atoms with E-state index in [4.69, 9.17) is 0 Å². The van der Waals surface area contributed by atoms with Gasteiger partial charge in [-0.15, -0.1) is 0 Å². The predicted molar refractivity (Wildman–Crippen MR) is 82.7 cm³/mol. The van der Waals surface area contributed by atoms with E-state index in [0.717, 1.165) is 6.42 Å². The van der Waals surface area contributed by atoms with Gasteiger partial charge < -0.3 is 5.32 Å². The van der Waals surface area contributed by atoms with Crippen molar-refractivity contribution in [3.05, 3.63) is 59.7 Å². The SMILES string of the molecule is O=S1(=O)CC[C@H]([NH2+]C2c3ccccc3-c3ccccc32)C1. The van der Waals surface area contributed by atoms with Crippen molar-refractivity contribution in [3.63, 3.8) is 0 Å². The standard InChI is InChI=1S/C17H17NO2S/c19-21(20)10-9-12(11-21)18-17-15-7-3-1-5-13(15)14-6-2-4-8-16(14)17/h1-8,12,17-18H,9-11H2/p+1/t12-/m0/s1. The predicted octanol–water partition coefficient (Wildman–Crippen LogP) is 1.51. The van der Waals surface area contributed by atoms with Gasteiger partial charge in [-0.3, -0.25) is 0 Å². The van der Waals surface area contributed by atoms with Gasteiger partial charge in [-0.05, 0) is 11.1 Å². The van der Waals surface area contributed by atoms with E-state index in [9.17, 15) is 8.42 Å². The van der Waals surface area contributed by atoms with Crippen LogP contribution in [0.15, 0.2) is 48.5 Å². The van der Waals surface area contributed by atoms with Gasteiger partial charge in [-0.1, -0.05) is 48.5 Å². The Morgan fingerprint density at radius 2 is 1.48 bits per heavy atom. The molecule has 0 amide bonds. The molecule has 21 heavy (non-hydrogen) atoms. The summed E-state index contributed by atoms with van der Waals surface area (Å²) in [5.41, 5.74) is 5.19. The summed E-state index contributed by atoms with van der Waals surface area (Å²) in [6.45, 7) is 0. The van der Waals surface area contributed by atoms with Crippen molar-refractivity contribution in [3.8, 4) is 11.1 Å². The van der Waals surface area contributed by atoms with Crippen molar-refractivity contribution in [2.24, 2.45) is 0 Å². The first kappa shape index (κ1) is 13.0. The van der Waals surface area contributed by atoms with Crippen LogP contribution in [0.1, 0.15) is 23.6 Å². The molecule has 4 rings (SSSR count). The molecular formula is C17H18NO2S+. The summed E-state index contributed by atoms with van der Waals surface area (Å²) in [4.78, 5) is 0. The summed E-state index contributed by atoms with van der Waals surface area (Å²) in [5, 5.41) is 2.26. The highest BCUT2D eigenvalue weighted by atomic mass is 32.2. The Hall–Kier alpha value is -1.65. The molecule has 0 bridgehead atoms. The van der Waals surface area contributed by atoms with Crippen LogP contribution in [0.5, 0.6) is 0 Å². The average molecular weight is 300 g/mol. The first-order valence-corrected chi connectivity index (χ1v) is 9.20. The maximum absolute atomic E-state index is 11.7. The van der Waals surface area contributed by atoms with Crippen LogP contribution in [0.4, 0.5) is 0 Å². The zero-order chi connectivity index (χ0) is 14.4. The zero-order valence-corrected chi connectivity index (χ0v) is 12.5. The lowest BCUT2D eigenvalue weighted by Gasteiger charge is -2.16. The smallest absolute Gasteiger partial charge is 0.156 e. The zero-order valence-electron chi connectivity index (χ0n) is 11.7. The normalized spacial score (nSPS) is 23.0. The molecule has 1 aliphatic carbocycles. The van der Waals surface area contributed by atoms with Crippen molar-refractivity contribution in [1.29, 1.82) is 0 Å². The number of hydrogen-bond acceptors (Lipinski definition) is 2. The molecule has 4 heteroatoms. The third kappa shape index (κ3) is 2.19. The van der Waals surface area contributed by atoms with Crippen molar-refractivity contribution >= 4 is 9.84 Å². The Kier molecular flexibility index (Phi) is 2.91. The highest BCUT2D eigenvalue weighted by Crippen LogP contribution is 2.41. The van der Waals surface area contributed by atoms with Gasteiger partial charge in [0.25, 0.3) is 0 Å². The van der Waals surface area contributed by atoms with E-state index in [2.05, 4.69) is 53.8 Å². The van der Waals surface area contributed by atoms with Gasteiger partial charge in [-0.25, -0.2) is 8.42 Å². The van der Waals surface area contributed by atoms with Gasteiger partial charge in [0.2, 0.25) is 0 Å². The molecule has 1 saturated heterocycles. The van der Waals surface area contributed by atoms with Crippen LogP contribution in [-0.2, 0) is 9.84 Å². The summed E-state index contributed by atoms with van der Waals surface area (Å²) in [6, 6.07) is 17.3. The lowest BCUT2D eigenvalue weighted by atomic mass is 10.0. The Morgan fingerprint density at radius 3 is 2.00 bits per heavy atom. The quantitative estimate of drug-likeness (QED) is 0.914. The van der Waals surface area contributed by atoms with Gasteiger partial charge in [0, 0.05) is 17.5 Å². The first-order chi connectivity index (χ1) is 10.1. The van der Waals surface area contributed by atoms with E-state index in [1.807, 2.05) is 0 Å². The molecule has 2 N–H and O–H groups in total. The van der Waals surface area contributed by atoms with Crippen LogP contribution in [-0.4, -0.2) is 26.0 Å². The second-order valence-electron chi connectivity index (χ2n) is 6.01. The van der Waals surface area contributed by atoms with E-state index in [-0.39, 0.29) is 12.1 Å². The largest absolute Gasteiger partial charge is 0.333 e. The van der Waals surface area contributed by atoms with Crippen LogP contribution < -0.4 is 5.32 Å². The molecule has 0 spiro atoms. The minimum absolute atomic E-state index is 0.180. The molecule has 0 radical (unpaired) electrons. The van der Waals surface area contributed by atoms with E-state index in [1.165, 1.54) is 22.3 Å². The third-order valence-electron chi connectivity index (χ3n) is 4.61. The molecule has 0 saturated carbocycles. The van der Waals surface area contributed by atoms with E-state index < -0.39 is 9.84 Å². The highest BCUT2D eigenvalue weighted by molar-refractivity contribution is 7.91. The molecule has 0 unspecified atom stereocenters. The van der Waals surface area contributed by atoms with Crippen molar-refractivity contribution in [2.45, 2.75) is 18.5 Å². The number of hydrogen-bond donors (Lipinski definition) is 1. The fraction of sp³-hybridized carbons (Fsp3) is 0.294. The van der Waals surface area contributed by atoms with Crippen LogP contribution >= 0.6 is 0 Å². The van der Waals surface area contributed by atoms with Crippen LogP contribution in [0.25, 0.3) is 11.1 Å². The number of benzene rings is 2. The molecule has 1 aliphatic heterocycles. The van der Waals surface area contributed by atoms with Gasteiger partial charge in [0.15, 0.2) is 9.84 Å². The molecule has 2 aliphatic rings. The molecule has 1 heterocycles. The van der Waals surface area contributed by atoms with Gasteiger partial charge in [-0.2, -0.15) is 0 Å². The maximum Gasteiger partial charge on any atom is 0.156 e. The van der Waals surface area contributed by atoms with Crippen LogP contribution in [0.3, 0.4) is 0 Å². The second-order valence-corrected chi connectivity index (χ2v) is 8.24. The third-order valence-corrected chi connectivity index (χ3v) is 6.41. The Balaban J connectivity index is 1.72. The molecule has 1 fully saturated rings. The highest BCUT2D eigenvalue weighted by Gasteiger charge is 2.37. The molecule has 2 aromatic rings. The lowest BCUT2D eigenvalue weighted by molar-refractivity contribution is -0.714. The summed E-state index contributed by atoms with van der Waals surface area (Å²) in [7, 11) is -2.82. The second kappa shape index (κ2) is 4.68. The summed E-state index contributed by atoms with van der Waals surface area (Å²) < 4.78 is 23.4. The first-order valence-electron chi connectivity index (χ1n) is 7.38. The molecule has 1 atom stereocenters. The number of quaternary nitrogens is 1. The van der Waals surface area contributed by atoms with Crippen molar-refractivity contribution in [1.82, 2.24) is 0 Å². The Labute approximate surface area is 124 Å².